The number of hydrogen-bond donors (Lipinski definition) is 1. The second-order valence-electron chi connectivity index (χ2n) is 6.54. The van der Waals surface area contributed by atoms with Crippen LogP contribution < -0.4 is 10.1 Å². The molecule has 1 heterocycles. The number of rotatable bonds is 7. The molecule has 1 saturated heterocycles. The van der Waals surface area contributed by atoms with Crippen LogP contribution in [0.15, 0.2) is 59.5 Å². The van der Waals surface area contributed by atoms with Crippen molar-refractivity contribution in [2.75, 3.05) is 19.7 Å². The van der Waals surface area contributed by atoms with Crippen molar-refractivity contribution >= 4 is 15.9 Å². The van der Waals surface area contributed by atoms with Gasteiger partial charge < -0.3 is 10.1 Å². The Hall–Kier alpha value is -2.38. The minimum absolute atomic E-state index is 0.215. The lowest BCUT2D eigenvalue weighted by atomic mass is 10.2. The van der Waals surface area contributed by atoms with E-state index in [2.05, 4.69) is 5.32 Å². The SMILES string of the molecule is Cc1cccc(OCCNC(=O)C2CCCN2S(=O)(=O)c2ccccc2)c1. The van der Waals surface area contributed by atoms with Crippen LogP contribution in [0.2, 0.25) is 0 Å². The van der Waals surface area contributed by atoms with Gasteiger partial charge in [-0.2, -0.15) is 4.31 Å². The summed E-state index contributed by atoms with van der Waals surface area (Å²) in [5, 5.41) is 2.79. The zero-order chi connectivity index (χ0) is 19.3. The van der Waals surface area contributed by atoms with Crippen LogP contribution in [-0.2, 0) is 14.8 Å². The molecule has 2 aromatic carbocycles. The van der Waals surface area contributed by atoms with E-state index in [0.717, 1.165) is 11.3 Å². The molecule has 144 valence electrons. The van der Waals surface area contributed by atoms with Crippen LogP contribution >= 0.6 is 0 Å². The van der Waals surface area contributed by atoms with Crippen LogP contribution in [0.25, 0.3) is 0 Å². The van der Waals surface area contributed by atoms with Gasteiger partial charge in [0, 0.05) is 6.54 Å². The molecule has 1 aliphatic rings. The highest BCUT2D eigenvalue weighted by atomic mass is 32.2. The fraction of sp³-hybridized carbons (Fsp3) is 0.350. The highest BCUT2D eigenvalue weighted by Gasteiger charge is 2.39. The summed E-state index contributed by atoms with van der Waals surface area (Å²) in [4.78, 5) is 12.7. The van der Waals surface area contributed by atoms with Crippen LogP contribution in [0.5, 0.6) is 5.75 Å². The molecule has 0 radical (unpaired) electrons. The summed E-state index contributed by atoms with van der Waals surface area (Å²) in [6.45, 7) is 2.99. The molecule has 0 aromatic heterocycles. The smallest absolute Gasteiger partial charge is 0.243 e. The van der Waals surface area contributed by atoms with Gasteiger partial charge in [0.15, 0.2) is 0 Å². The van der Waals surface area contributed by atoms with Crippen LogP contribution in [0.3, 0.4) is 0 Å². The molecule has 7 heteroatoms. The minimum atomic E-state index is -3.67. The molecule has 1 N–H and O–H groups in total. The summed E-state index contributed by atoms with van der Waals surface area (Å²) in [7, 11) is -3.67. The third-order valence-electron chi connectivity index (χ3n) is 4.52. The lowest BCUT2D eigenvalue weighted by molar-refractivity contribution is -0.124. The second kappa shape index (κ2) is 8.54. The van der Waals surface area contributed by atoms with Crippen molar-refractivity contribution < 1.29 is 17.9 Å². The molecular weight excluding hydrogens is 364 g/mol. The summed E-state index contributed by atoms with van der Waals surface area (Å²) >= 11 is 0. The molecule has 27 heavy (non-hydrogen) atoms. The summed E-state index contributed by atoms with van der Waals surface area (Å²) in [6.07, 6.45) is 1.20. The first-order valence-electron chi connectivity index (χ1n) is 9.02. The van der Waals surface area contributed by atoms with Gasteiger partial charge in [-0.15, -0.1) is 0 Å². The van der Waals surface area contributed by atoms with Crippen molar-refractivity contribution in [2.45, 2.75) is 30.7 Å². The number of sulfonamides is 1. The van der Waals surface area contributed by atoms with Crippen molar-refractivity contribution in [1.29, 1.82) is 0 Å². The van der Waals surface area contributed by atoms with Crippen molar-refractivity contribution in [3.8, 4) is 5.75 Å². The second-order valence-corrected chi connectivity index (χ2v) is 8.43. The highest BCUT2D eigenvalue weighted by Crippen LogP contribution is 2.26. The lowest BCUT2D eigenvalue weighted by Gasteiger charge is -2.23. The minimum Gasteiger partial charge on any atom is -0.492 e. The van der Waals surface area contributed by atoms with Crippen LogP contribution in [0.1, 0.15) is 18.4 Å². The molecular formula is C20H24N2O4S. The molecule has 6 nitrogen and oxygen atoms in total. The Morgan fingerprint density at radius 2 is 1.96 bits per heavy atom. The largest absolute Gasteiger partial charge is 0.492 e. The van der Waals surface area contributed by atoms with E-state index in [0.29, 0.717) is 32.5 Å². The first-order valence-corrected chi connectivity index (χ1v) is 10.5. The highest BCUT2D eigenvalue weighted by molar-refractivity contribution is 7.89. The maximum absolute atomic E-state index is 12.8. The van der Waals surface area contributed by atoms with E-state index in [4.69, 9.17) is 4.74 Å². The van der Waals surface area contributed by atoms with E-state index in [1.165, 1.54) is 4.31 Å². The maximum Gasteiger partial charge on any atom is 0.243 e. The number of aryl methyl sites for hydroxylation is 1. The van der Waals surface area contributed by atoms with E-state index in [-0.39, 0.29) is 10.8 Å². The Morgan fingerprint density at radius 3 is 2.70 bits per heavy atom. The predicted octanol–water partition coefficient (Wildman–Crippen LogP) is 2.34. The Labute approximate surface area is 160 Å². The van der Waals surface area contributed by atoms with Gasteiger partial charge >= 0.3 is 0 Å². The summed E-state index contributed by atoms with van der Waals surface area (Å²) in [5.74, 6) is 0.471. The Balaban J connectivity index is 1.56. The molecule has 1 atom stereocenters. The molecule has 1 unspecified atom stereocenters. The Bertz CT molecular complexity index is 884. The fourth-order valence-corrected chi connectivity index (χ4v) is 4.86. The van der Waals surface area contributed by atoms with Gasteiger partial charge in [-0.3, -0.25) is 4.79 Å². The van der Waals surface area contributed by atoms with E-state index >= 15 is 0 Å². The lowest BCUT2D eigenvalue weighted by Crippen LogP contribution is -2.46. The van der Waals surface area contributed by atoms with Crippen LogP contribution in [0.4, 0.5) is 0 Å². The number of carbonyl (C=O) groups excluding carboxylic acids is 1. The van der Waals surface area contributed by atoms with Gasteiger partial charge in [-0.05, 0) is 49.6 Å². The topological polar surface area (TPSA) is 75.7 Å². The van der Waals surface area contributed by atoms with Gasteiger partial charge in [-0.1, -0.05) is 30.3 Å². The molecule has 0 saturated carbocycles. The van der Waals surface area contributed by atoms with E-state index in [1.807, 2.05) is 31.2 Å². The maximum atomic E-state index is 12.8. The number of nitrogens with zero attached hydrogens (tertiary/aromatic N) is 1. The molecule has 0 bridgehead atoms. The summed E-state index contributed by atoms with van der Waals surface area (Å²) < 4.78 is 32.6. The number of amides is 1. The van der Waals surface area contributed by atoms with Crippen molar-refractivity contribution in [2.24, 2.45) is 0 Å². The standard InChI is InChI=1S/C20H24N2O4S/c1-16-7-5-8-17(15-16)26-14-12-21-20(23)19-11-6-13-22(19)27(24,25)18-9-3-2-4-10-18/h2-5,7-10,15,19H,6,11-14H2,1H3,(H,21,23). The summed E-state index contributed by atoms with van der Waals surface area (Å²) in [5.41, 5.74) is 1.10. The molecule has 3 rings (SSSR count). The average molecular weight is 388 g/mol. The van der Waals surface area contributed by atoms with Crippen molar-refractivity contribution in [1.82, 2.24) is 9.62 Å². The molecule has 0 aliphatic carbocycles. The Morgan fingerprint density at radius 1 is 1.19 bits per heavy atom. The monoisotopic (exact) mass is 388 g/mol. The number of carbonyl (C=O) groups is 1. The number of ether oxygens (including phenoxy) is 1. The third kappa shape index (κ3) is 4.67. The molecule has 0 spiro atoms. The molecule has 1 amide bonds. The van der Waals surface area contributed by atoms with Crippen molar-refractivity contribution in [3.05, 3.63) is 60.2 Å². The average Bonchev–Trinajstić information content (AvgIpc) is 3.17. The van der Waals surface area contributed by atoms with Crippen molar-refractivity contribution in [3.63, 3.8) is 0 Å². The molecule has 1 aliphatic heterocycles. The van der Waals surface area contributed by atoms with Gasteiger partial charge in [0.1, 0.15) is 18.4 Å². The molecule has 2 aromatic rings. The third-order valence-corrected chi connectivity index (χ3v) is 6.44. The van der Waals surface area contributed by atoms with Crippen LogP contribution in [0, 0.1) is 6.92 Å². The first-order chi connectivity index (χ1) is 13.0. The normalized spacial score (nSPS) is 17.6. The zero-order valence-electron chi connectivity index (χ0n) is 15.3. The number of nitrogens with one attached hydrogen (secondary N) is 1. The van der Waals surface area contributed by atoms with Gasteiger partial charge in [0.25, 0.3) is 0 Å². The Kier molecular flexibility index (Phi) is 6.13. The van der Waals surface area contributed by atoms with E-state index in [9.17, 15) is 13.2 Å². The van der Waals surface area contributed by atoms with Crippen LogP contribution in [-0.4, -0.2) is 44.4 Å². The van der Waals surface area contributed by atoms with Gasteiger partial charge in [0.2, 0.25) is 15.9 Å². The van der Waals surface area contributed by atoms with E-state index < -0.39 is 16.1 Å². The van der Waals surface area contributed by atoms with E-state index in [1.54, 1.807) is 30.3 Å². The predicted molar refractivity (Wildman–Crippen MR) is 103 cm³/mol. The number of hydrogen-bond acceptors (Lipinski definition) is 4. The quantitative estimate of drug-likeness (QED) is 0.739. The van der Waals surface area contributed by atoms with Gasteiger partial charge in [-0.25, -0.2) is 8.42 Å². The fourth-order valence-electron chi connectivity index (χ4n) is 3.18. The first kappa shape index (κ1) is 19.4. The summed E-state index contributed by atoms with van der Waals surface area (Å²) in [6, 6.07) is 15.2. The number of benzene rings is 2. The molecule has 1 fully saturated rings. The zero-order valence-corrected chi connectivity index (χ0v) is 16.1. The van der Waals surface area contributed by atoms with Gasteiger partial charge in [0.05, 0.1) is 11.4 Å².